The van der Waals surface area contributed by atoms with Gasteiger partial charge in [-0.25, -0.2) is 0 Å². The zero-order valence-corrected chi connectivity index (χ0v) is 13.4. The second-order valence-electron chi connectivity index (χ2n) is 5.15. The van der Waals surface area contributed by atoms with Gasteiger partial charge in [-0.2, -0.15) is 0 Å². The molecule has 1 aliphatic rings. The molecule has 1 aliphatic heterocycles. The Kier molecular flexibility index (Phi) is 4.87. The van der Waals surface area contributed by atoms with E-state index >= 15 is 0 Å². The fourth-order valence-corrected chi connectivity index (χ4v) is 3.07. The van der Waals surface area contributed by atoms with Crippen LogP contribution in [-0.2, 0) is 4.79 Å². The van der Waals surface area contributed by atoms with Crippen LogP contribution in [0.4, 0.5) is 5.69 Å². The highest BCUT2D eigenvalue weighted by Gasteiger charge is 2.25. The SMILES string of the molecule is Cc1cc(Br)c(NC(=O)C2CCNC(C)C2)cc1Cl. The van der Waals surface area contributed by atoms with Gasteiger partial charge in [0, 0.05) is 21.5 Å². The van der Waals surface area contributed by atoms with Gasteiger partial charge in [0.15, 0.2) is 0 Å². The predicted octanol–water partition coefficient (Wildman–Crippen LogP) is 3.74. The summed E-state index contributed by atoms with van der Waals surface area (Å²) >= 11 is 9.56. The first-order valence-corrected chi connectivity index (χ1v) is 7.64. The first-order chi connectivity index (χ1) is 8.97. The quantitative estimate of drug-likeness (QED) is 0.857. The number of halogens is 2. The molecule has 2 N–H and O–H groups in total. The van der Waals surface area contributed by atoms with E-state index in [1.54, 1.807) is 6.07 Å². The molecule has 0 bridgehead atoms. The first kappa shape index (κ1) is 14.8. The van der Waals surface area contributed by atoms with Crippen LogP contribution in [0.25, 0.3) is 0 Å². The van der Waals surface area contributed by atoms with Gasteiger partial charge in [0.1, 0.15) is 0 Å². The van der Waals surface area contributed by atoms with E-state index in [0.29, 0.717) is 11.1 Å². The number of nitrogens with one attached hydrogen (secondary N) is 2. The van der Waals surface area contributed by atoms with Crippen molar-refractivity contribution in [3.05, 3.63) is 27.2 Å². The van der Waals surface area contributed by atoms with E-state index in [-0.39, 0.29) is 11.8 Å². The van der Waals surface area contributed by atoms with Crippen molar-refractivity contribution < 1.29 is 4.79 Å². The molecule has 0 aliphatic carbocycles. The van der Waals surface area contributed by atoms with Crippen LogP contribution in [-0.4, -0.2) is 18.5 Å². The molecule has 0 spiro atoms. The second-order valence-corrected chi connectivity index (χ2v) is 6.41. The number of carbonyl (C=O) groups is 1. The van der Waals surface area contributed by atoms with Gasteiger partial charge in [-0.05, 0) is 66.9 Å². The van der Waals surface area contributed by atoms with Gasteiger partial charge in [0.2, 0.25) is 5.91 Å². The molecule has 0 radical (unpaired) electrons. The standard InChI is InChI=1S/C14H18BrClN2O/c1-8-5-11(15)13(7-12(8)16)18-14(19)10-3-4-17-9(2)6-10/h5,7,9-10,17H,3-4,6H2,1-2H3,(H,18,19). The summed E-state index contributed by atoms with van der Waals surface area (Å²) in [5.74, 6) is 0.150. The summed E-state index contributed by atoms with van der Waals surface area (Å²) in [7, 11) is 0. The van der Waals surface area contributed by atoms with Crippen LogP contribution in [0.3, 0.4) is 0 Å². The summed E-state index contributed by atoms with van der Waals surface area (Å²) in [5.41, 5.74) is 1.73. The average Bonchev–Trinajstić information content (AvgIpc) is 2.36. The highest BCUT2D eigenvalue weighted by Crippen LogP contribution is 2.30. The topological polar surface area (TPSA) is 41.1 Å². The molecule has 1 aromatic rings. The lowest BCUT2D eigenvalue weighted by Crippen LogP contribution is -2.40. The van der Waals surface area contributed by atoms with Crippen molar-refractivity contribution in [1.82, 2.24) is 5.32 Å². The van der Waals surface area contributed by atoms with E-state index in [1.165, 1.54) is 0 Å². The van der Waals surface area contributed by atoms with Crippen LogP contribution in [0.5, 0.6) is 0 Å². The maximum atomic E-state index is 12.3. The molecular formula is C14H18BrClN2O. The highest BCUT2D eigenvalue weighted by atomic mass is 79.9. The Morgan fingerprint density at radius 3 is 2.95 bits per heavy atom. The molecule has 3 nitrogen and oxygen atoms in total. The summed E-state index contributed by atoms with van der Waals surface area (Å²) in [6.07, 6.45) is 1.76. The number of hydrogen-bond donors (Lipinski definition) is 2. The van der Waals surface area contributed by atoms with Gasteiger partial charge in [-0.15, -0.1) is 0 Å². The third-order valence-electron chi connectivity index (χ3n) is 3.50. The third kappa shape index (κ3) is 3.71. The maximum absolute atomic E-state index is 12.3. The molecule has 5 heteroatoms. The zero-order valence-electron chi connectivity index (χ0n) is 11.1. The molecule has 1 fully saturated rings. The molecule has 1 saturated heterocycles. The third-order valence-corrected chi connectivity index (χ3v) is 4.56. The van der Waals surface area contributed by atoms with E-state index < -0.39 is 0 Å². The van der Waals surface area contributed by atoms with Crippen LogP contribution in [0.1, 0.15) is 25.3 Å². The normalized spacial score (nSPS) is 23.2. The monoisotopic (exact) mass is 344 g/mol. The molecule has 1 amide bonds. The Morgan fingerprint density at radius 2 is 2.26 bits per heavy atom. The molecule has 2 rings (SSSR count). The Balaban J connectivity index is 2.08. The van der Waals surface area contributed by atoms with Crippen molar-refractivity contribution in [2.24, 2.45) is 5.92 Å². The van der Waals surface area contributed by atoms with Crippen molar-refractivity contribution in [1.29, 1.82) is 0 Å². The molecule has 104 valence electrons. The molecule has 1 heterocycles. The largest absolute Gasteiger partial charge is 0.325 e. The van der Waals surface area contributed by atoms with E-state index in [0.717, 1.165) is 35.1 Å². The van der Waals surface area contributed by atoms with Crippen molar-refractivity contribution in [3.8, 4) is 0 Å². The van der Waals surface area contributed by atoms with Crippen molar-refractivity contribution in [3.63, 3.8) is 0 Å². The van der Waals surface area contributed by atoms with Gasteiger partial charge < -0.3 is 10.6 Å². The lowest BCUT2D eigenvalue weighted by molar-refractivity contribution is -0.120. The van der Waals surface area contributed by atoms with Gasteiger partial charge in [0.05, 0.1) is 5.69 Å². The second kappa shape index (κ2) is 6.25. The summed E-state index contributed by atoms with van der Waals surface area (Å²) < 4.78 is 0.865. The van der Waals surface area contributed by atoms with Crippen LogP contribution < -0.4 is 10.6 Å². The minimum atomic E-state index is 0.0724. The van der Waals surface area contributed by atoms with Crippen LogP contribution in [0, 0.1) is 12.8 Å². The average molecular weight is 346 g/mol. The van der Waals surface area contributed by atoms with Crippen molar-refractivity contribution in [2.75, 3.05) is 11.9 Å². The van der Waals surface area contributed by atoms with E-state index in [9.17, 15) is 4.79 Å². The number of carbonyl (C=O) groups excluding carboxylic acids is 1. The van der Waals surface area contributed by atoms with Crippen LogP contribution >= 0.6 is 27.5 Å². The minimum absolute atomic E-state index is 0.0724. The van der Waals surface area contributed by atoms with Crippen molar-refractivity contribution >= 4 is 39.1 Å². The number of anilines is 1. The molecule has 0 saturated carbocycles. The number of rotatable bonds is 2. The summed E-state index contributed by atoms with van der Waals surface area (Å²) in [6, 6.07) is 4.11. The van der Waals surface area contributed by atoms with E-state index in [2.05, 4.69) is 33.5 Å². The fourth-order valence-electron chi connectivity index (χ4n) is 2.35. The molecule has 1 aromatic carbocycles. The lowest BCUT2D eigenvalue weighted by atomic mass is 9.92. The Morgan fingerprint density at radius 1 is 1.53 bits per heavy atom. The molecular weight excluding hydrogens is 328 g/mol. The fraction of sp³-hybridized carbons (Fsp3) is 0.500. The van der Waals surface area contributed by atoms with Crippen LogP contribution in [0.2, 0.25) is 5.02 Å². The van der Waals surface area contributed by atoms with Gasteiger partial charge in [-0.3, -0.25) is 4.79 Å². The van der Waals surface area contributed by atoms with E-state index in [4.69, 9.17) is 11.6 Å². The number of piperidine rings is 1. The molecule has 2 atom stereocenters. The van der Waals surface area contributed by atoms with Crippen molar-refractivity contribution in [2.45, 2.75) is 32.7 Å². The number of hydrogen-bond acceptors (Lipinski definition) is 2. The Bertz CT molecular complexity index is 493. The number of aryl methyl sites for hydroxylation is 1. The van der Waals surface area contributed by atoms with E-state index in [1.807, 2.05) is 13.0 Å². The Labute approximate surface area is 127 Å². The smallest absolute Gasteiger partial charge is 0.227 e. The Hall–Kier alpha value is -0.580. The summed E-state index contributed by atoms with van der Waals surface area (Å²) in [6.45, 7) is 4.94. The summed E-state index contributed by atoms with van der Waals surface area (Å²) in [4.78, 5) is 12.3. The predicted molar refractivity (Wildman–Crippen MR) is 82.7 cm³/mol. The van der Waals surface area contributed by atoms with Gasteiger partial charge in [-0.1, -0.05) is 11.6 Å². The lowest BCUT2D eigenvalue weighted by Gasteiger charge is -2.27. The molecule has 19 heavy (non-hydrogen) atoms. The number of amides is 1. The first-order valence-electron chi connectivity index (χ1n) is 6.47. The van der Waals surface area contributed by atoms with Gasteiger partial charge in [0.25, 0.3) is 0 Å². The number of benzene rings is 1. The zero-order chi connectivity index (χ0) is 14.0. The molecule has 2 unspecified atom stereocenters. The minimum Gasteiger partial charge on any atom is -0.325 e. The summed E-state index contributed by atoms with van der Waals surface area (Å²) in [5, 5.41) is 6.98. The maximum Gasteiger partial charge on any atom is 0.227 e. The van der Waals surface area contributed by atoms with Crippen LogP contribution in [0.15, 0.2) is 16.6 Å². The van der Waals surface area contributed by atoms with Gasteiger partial charge >= 0.3 is 0 Å². The molecule has 0 aromatic heterocycles. The highest BCUT2D eigenvalue weighted by molar-refractivity contribution is 9.10.